The average Bonchev–Trinajstić information content (AvgIpc) is 1.96. The zero-order chi connectivity index (χ0) is 13.9. The maximum absolute atomic E-state index is 11.6. The van der Waals surface area contributed by atoms with Gasteiger partial charge in [-0.25, -0.2) is 4.79 Å². The Morgan fingerprint density at radius 3 is 2.06 bits per heavy atom. The number of carbonyl (C=O) groups is 2. The highest BCUT2D eigenvalue weighted by Crippen LogP contribution is 2.19. The molecule has 0 bridgehead atoms. The summed E-state index contributed by atoms with van der Waals surface area (Å²) in [6, 6.07) is 0. The number of rotatable bonds is 4. The van der Waals surface area contributed by atoms with Crippen LogP contribution < -0.4 is 11.1 Å². The Balaban J connectivity index is 4.72. The number of hydrogen-bond acceptors (Lipinski definition) is 3. The van der Waals surface area contributed by atoms with Gasteiger partial charge in [0.25, 0.3) is 0 Å². The van der Waals surface area contributed by atoms with Gasteiger partial charge in [-0.2, -0.15) is 0 Å². The summed E-state index contributed by atoms with van der Waals surface area (Å²) in [6.07, 6.45) is -0.606. The van der Waals surface area contributed by atoms with E-state index in [-0.39, 0.29) is 6.42 Å². The quantitative estimate of drug-likeness (QED) is 0.736. The van der Waals surface area contributed by atoms with Crippen LogP contribution in [0.15, 0.2) is 12.2 Å². The number of nitrogens with one attached hydrogen (secondary N) is 1. The van der Waals surface area contributed by atoms with E-state index in [0.29, 0.717) is 5.57 Å². The van der Waals surface area contributed by atoms with Crippen LogP contribution in [0.25, 0.3) is 0 Å². The molecule has 0 aromatic heterocycles. The molecule has 0 rings (SSSR count). The molecule has 0 heterocycles. The molecule has 0 aromatic carbocycles. The van der Waals surface area contributed by atoms with Gasteiger partial charge in [-0.15, -0.1) is 0 Å². The minimum absolute atomic E-state index is 0.0123. The summed E-state index contributed by atoms with van der Waals surface area (Å²) in [7, 11) is 0. The second-order valence-corrected chi connectivity index (χ2v) is 5.38. The highest BCUT2D eigenvalue weighted by Gasteiger charge is 2.31. The topological polar surface area (TPSA) is 81.4 Å². The molecule has 0 aromatic rings. The van der Waals surface area contributed by atoms with Gasteiger partial charge in [0, 0.05) is 0 Å². The highest BCUT2D eigenvalue weighted by atomic mass is 16.6. The molecular formula is C12H22N2O3. The normalized spacial score (nSPS) is 14.6. The van der Waals surface area contributed by atoms with Gasteiger partial charge in [-0.1, -0.05) is 12.2 Å². The van der Waals surface area contributed by atoms with Crippen molar-refractivity contribution < 1.29 is 14.3 Å². The first-order valence-electron chi connectivity index (χ1n) is 5.42. The smallest absolute Gasteiger partial charge is 0.408 e. The van der Waals surface area contributed by atoms with Gasteiger partial charge in [0.2, 0.25) is 5.91 Å². The van der Waals surface area contributed by atoms with E-state index in [9.17, 15) is 9.59 Å². The van der Waals surface area contributed by atoms with Crippen LogP contribution in [0.2, 0.25) is 0 Å². The summed E-state index contributed by atoms with van der Waals surface area (Å²) in [5.41, 5.74) is 4.32. The van der Waals surface area contributed by atoms with Crippen molar-refractivity contribution in [1.82, 2.24) is 5.32 Å². The largest absolute Gasteiger partial charge is 0.444 e. The molecule has 1 atom stereocenters. The number of alkyl carbamates (subject to hydrolysis) is 1. The van der Waals surface area contributed by atoms with Crippen molar-refractivity contribution >= 4 is 12.0 Å². The monoisotopic (exact) mass is 242 g/mol. The summed E-state index contributed by atoms with van der Waals surface area (Å²) < 4.78 is 5.12. The van der Waals surface area contributed by atoms with E-state index in [2.05, 4.69) is 11.9 Å². The second-order valence-electron chi connectivity index (χ2n) is 5.38. The van der Waals surface area contributed by atoms with E-state index in [4.69, 9.17) is 10.5 Å². The maximum Gasteiger partial charge on any atom is 0.408 e. The van der Waals surface area contributed by atoms with E-state index in [1.165, 1.54) is 0 Å². The Morgan fingerprint density at radius 1 is 1.29 bits per heavy atom. The summed E-state index contributed by atoms with van der Waals surface area (Å²) >= 11 is 0. The van der Waals surface area contributed by atoms with Crippen LogP contribution in [-0.2, 0) is 9.53 Å². The van der Waals surface area contributed by atoms with Gasteiger partial charge in [0.15, 0.2) is 0 Å². The highest BCUT2D eigenvalue weighted by molar-refractivity contribution is 5.78. The van der Waals surface area contributed by atoms with Crippen LogP contribution in [-0.4, -0.2) is 23.1 Å². The molecular weight excluding hydrogens is 220 g/mol. The standard InChI is InChI=1S/C12H22N2O3/c1-8(2)12(6,7-9(13)15)14-10(16)17-11(3,4)5/h1,7H2,2-6H3,(H2,13,15)(H,14,16). The predicted molar refractivity (Wildman–Crippen MR) is 66.4 cm³/mol. The minimum Gasteiger partial charge on any atom is -0.444 e. The first-order chi connectivity index (χ1) is 7.46. The van der Waals surface area contributed by atoms with Crippen molar-refractivity contribution in [1.29, 1.82) is 0 Å². The van der Waals surface area contributed by atoms with Crippen molar-refractivity contribution in [2.75, 3.05) is 0 Å². The third kappa shape index (κ3) is 5.94. The van der Waals surface area contributed by atoms with E-state index >= 15 is 0 Å². The predicted octanol–water partition coefficient (Wildman–Crippen LogP) is 1.72. The SMILES string of the molecule is C=C(C)C(C)(CC(N)=O)NC(=O)OC(C)(C)C. The van der Waals surface area contributed by atoms with Crippen LogP contribution in [0.4, 0.5) is 4.79 Å². The third-order valence-corrected chi connectivity index (χ3v) is 2.25. The molecule has 0 aliphatic carbocycles. The number of ether oxygens (including phenoxy) is 1. The molecule has 0 aliphatic rings. The van der Waals surface area contributed by atoms with E-state index in [0.717, 1.165) is 0 Å². The second kappa shape index (κ2) is 5.21. The number of amides is 2. The molecule has 0 spiro atoms. The van der Waals surface area contributed by atoms with Gasteiger partial charge in [0.05, 0.1) is 12.0 Å². The Morgan fingerprint density at radius 2 is 1.76 bits per heavy atom. The number of carbonyl (C=O) groups excluding carboxylic acids is 2. The maximum atomic E-state index is 11.6. The number of hydrogen-bond donors (Lipinski definition) is 2. The number of nitrogens with two attached hydrogens (primary N) is 1. The lowest BCUT2D eigenvalue weighted by molar-refractivity contribution is -0.118. The Labute approximate surface area is 102 Å². The van der Waals surface area contributed by atoms with Gasteiger partial charge in [0.1, 0.15) is 5.60 Å². The fourth-order valence-corrected chi connectivity index (χ4v) is 1.18. The molecule has 1 unspecified atom stereocenters. The minimum atomic E-state index is -0.881. The van der Waals surface area contributed by atoms with Gasteiger partial charge in [-0.3, -0.25) is 4.79 Å². The molecule has 5 heteroatoms. The molecule has 2 amide bonds. The van der Waals surface area contributed by atoms with Crippen molar-refractivity contribution in [3.05, 3.63) is 12.2 Å². The van der Waals surface area contributed by atoms with Crippen LogP contribution >= 0.6 is 0 Å². The molecule has 98 valence electrons. The first kappa shape index (κ1) is 15.5. The Bertz CT molecular complexity index is 331. The average molecular weight is 242 g/mol. The van der Waals surface area contributed by atoms with E-state index in [1.807, 2.05) is 0 Å². The van der Waals surface area contributed by atoms with Crippen LogP contribution in [0.5, 0.6) is 0 Å². The van der Waals surface area contributed by atoms with Gasteiger partial charge >= 0.3 is 6.09 Å². The molecule has 17 heavy (non-hydrogen) atoms. The summed E-state index contributed by atoms with van der Waals surface area (Å²) in [6.45, 7) is 12.4. The van der Waals surface area contributed by atoms with E-state index in [1.54, 1.807) is 34.6 Å². The lowest BCUT2D eigenvalue weighted by atomic mass is 9.90. The fraction of sp³-hybridized carbons (Fsp3) is 0.667. The number of primary amides is 1. The van der Waals surface area contributed by atoms with Gasteiger partial charge < -0.3 is 15.8 Å². The molecule has 0 fully saturated rings. The van der Waals surface area contributed by atoms with Crippen LogP contribution in [0, 0.1) is 0 Å². The lowest BCUT2D eigenvalue weighted by Gasteiger charge is -2.31. The van der Waals surface area contributed by atoms with Crippen LogP contribution in [0.1, 0.15) is 41.0 Å². The summed E-state index contributed by atoms with van der Waals surface area (Å²) in [4.78, 5) is 22.6. The van der Waals surface area contributed by atoms with E-state index < -0.39 is 23.1 Å². The van der Waals surface area contributed by atoms with Crippen LogP contribution in [0.3, 0.4) is 0 Å². The molecule has 5 nitrogen and oxygen atoms in total. The third-order valence-electron chi connectivity index (χ3n) is 2.25. The first-order valence-corrected chi connectivity index (χ1v) is 5.42. The van der Waals surface area contributed by atoms with Crippen molar-refractivity contribution in [3.8, 4) is 0 Å². The Kier molecular flexibility index (Phi) is 4.74. The van der Waals surface area contributed by atoms with Crippen molar-refractivity contribution in [2.45, 2.75) is 52.2 Å². The molecule has 0 aliphatic heterocycles. The lowest BCUT2D eigenvalue weighted by Crippen LogP contribution is -2.50. The zero-order valence-electron chi connectivity index (χ0n) is 11.2. The molecule has 0 saturated carbocycles. The Hall–Kier alpha value is -1.52. The molecule has 3 N–H and O–H groups in total. The van der Waals surface area contributed by atoms with Gasteiger partial charge in [-0.05, 0) is 34.6 Å². The molecule has 0 saturated heterocycles. The van der Waals surface area contributed by atoms with Crippen molar-refractivity contribution in [2.24, 2.45) is 5.73 Å². The fourth-order valence-electron chi connectivity index (χ4n) is 1.18. The molecule has 0 radical (unpaired) electrons. The summed E-state index contributed by atoms with van der Waals surface area (Å²) in [5, 5.41) is 2.62. The van der Waals surface area contributed by atoms with Crippen molar-refractivity contribution in [3.63, 3.8) is 0 Å². The summed E-state index contributed by atoms with van der Waals surface area (Å²) in [5.74, 6) is -0.508. The zero-order valence-corrected chi connectivity index (χ0v) is 11.2.